The van der Waals surface area contributed by atoms with Crippen molar-refractivity contribution in [1.29, 1.82) is 0 Å². The highest BCUT2D eigenvalue weighted by Gasteiger charge is 2.41. The molecule has 2 atom stereocenters. The van der Waals surface area contributed by atoms with Crippen LogP contribution in [0.15, 0.2) is 48.5 Å². The summed E-state index contributed by atoms with van der Waals surface area (Å²) in [6.07, 6.45) is 4.49. The maximum Gasteiger partial charge on any atom is 0.230 e. The minimum Gasteiger partial charge on any atom is -0.368 e. The molecule has 2 unspecified atom stereocenters. The topological polar surface area (TPSA) is 43.9 Å². The summed E-state index contributed by atoms with van der Waals surface area (Å²) < 4.78 is 13.2. The Kier molecular flexibility index (Phi) is 5.85. The van der Waals surface area contributed by atoms with Gasteiger partial charge < -0.3 is 14.7 Å². The second kappa shape index (κ2) is 8.93. The molecular formula is C26H30FN3O2. The molecular weight excluding hydrogens is 405 g/mol. The van der Waals surface area contributed by atoms with Gasteiger partial charge in [0.1, 0.15) is 5.82 Å². The summed E-state index contributed by atoms with van der Waals surface area (Å²) >= 11 is 0. The molecule has 5 nitrogen and oxygen atoms in total. The average molecular weight is 436 g/mol. The molecule has 32 heavy (non-hydrogen) atoms. The molecule has 0 N–H and O–H groups in total. The highest BCUT2D eigenvalue weighted by molar-refractivity contribution is 5.99. The van der Waals surface area contributed by atoms with Gasteiger partial charge in [0.15, 0.2) is 0 Å². The van der Waals surface area contributed by atoms with Crippen molar-refractivity contribution < 1.29 is 14.0 Å². The van der Waals surface area contributed by atoms with E-state index in [2.05, 4.69) is 11.0 Å². The van der Waals surface area contributed by atoms with Gasteiger partial charge in [0.05, 0.1) is 5.92 Å². The number of halogens is 1. The summed E-state index contributed by atoms with van der Waals surface area (Å²) in [5.74, 6) is -0.428. The number of carbonyl (C=O) groups is 2. The molecule has 2 amide bonds. The van der Waals surface area contributed by atoms with Gasteiger partial charge in [-0.2, -0.15) is 0 Å². The first-order valence-corrected chi connectivity index (χ1v) is 11.8. The summed E-state index contributed by atoms with van der Waals surface area (Å²) in [5.41, 5.74) is 3.22. The van der Waals surface area contributed by atoms with E-state index in [-0.39, 0.29) is 29.5 Å². The van der Waals surface area contributed by atoms with E-state index in [4.69, 9.17) is 0 Å². The van der Waals surface area contributed by atoms with Gasteiger partial charge in [-0.1, -0.05) is 31.0 Å². The molecule has 1 aliphatic carbocycles. The first-order valence-electron chi connectivity index (χ1n) is 11.8. The molecule has 0 aromatic heterocycles. The van der Waals surface area contributed by atoms with Crippen LogP contribution in [0.1, 0.15) is 31.2 Å². The van der Waals surface area contributed by atoms with Gasteiger partial charge in [-0.3, -0.25) is 9.59 Å². The van der Waals surface area contributed by atoms with E-state index in [1.54, 1.807) is 12.1 Å². The molecule has 2 fully saturated rings. The summed E-state index contributed by atoms with van der Waals surface area (Å²) in [7, 11) is 0. The number of benzene rings is 2. The van der Waals surface area contributed by atoms with Crippen molar-refractivity contribution >= 4 is 23.2 Å². The maximum atomic E-state index is 13.5. The third-order valence-electron chi connectivity index (χ3n) is 7.34. The zero-order valence-corrected chi connectivity index (χ0v) is 18.4. The smallest absolute Gasteiger partial charge is 0.230 e. The lowest BCUT2D eigenvalue weighted by Gasteiger charge is -2.40. The van der Waals surface area contributed by atoms with Gasteiger partial charge in [0, 0.05) is 50.0 Å². The molecule has 0 bridgehead atoms. The zero-order chi connectivity index (χ0) is 22.1. The molecule has 168 valence electrons. The normalized spacial score (nSPS) is 23.2. The van der Waals surface area contributed by atoms with Crippen molar-refractivity contribution in [3.8, 4) is 0 Å². The van der Waals surface area contributed by atoms with E-state index in [9.17, 15) is 14.0 Å². The Bertz CT molecular complexity index is 985. The van der Waals surface area contributed by atoms with Gasteiger partial charge in [-0.05, 0) is 55.2 Å². The number of carbonyl (C=O) groups excluding carboxylic acids is 2. The molecule has 2 aromatic carbocycles. The van der Waals surface area contributed by atoms with E-state index < -0.39 is 0 Å². The van der Waals surface area contributed by atoms with Gasteiger partial charge in [0.2, 0.25) is 11.8 Å². The maximum absolute atomic E-state index is 13.5. The highest BCUT2D eigenvalue weighted by atomic mass is 19.1. The highest BCUT2D eigenvalue weighted by Crippen LogP contribution is 2.37. The molecule has 6 heteroatoms. The molecule has 1 saturated heterocycles. The molecule has 3 aliphatic rings. The first-order chi connectivity index (χ1) is 15.6. The Morgan fingerprint density at radius 1 is 0.781 bits per heavy atom. The van der Waals surface area contributed by atoms with Crippen molar-refractivity contribution in [1.82, 2.24) is 4.90 Å². The van der Waals surface area contributed by atoms with Crippen molar-refractivity contribution in [3.05, 3.63) is 59.9 Å². The number of nitrogens with zero attached hydrogens (tertiary/aromatic N) is 3. The molecule has 2 aliphatic heterocycles. The van der Waals surface area contributed by atoms with Crippen LogP contribution in [0, 0.1) is 17.7 Å². The van der Waals surface area contributed by atoms with E-state index in [1.165, 1.54) is 17.7 Å². The van der Waals surface area contributed by atoms with Crippen LogP contribution in [0.2, 0.25) is 0 Å². The number of hydrogen-bond acceptors (Lipinski definition) is 3. The van der Waals surface area contributed by atoms with E-state index >= 15 is 0 Å². The minimum atomic E-state index is -0.240. The fourth-order valence-electron chi connectivity index (χ4n) is 5.56. The lowest BCUT2D eigenvalue weighted by Crippen LogP contribution is -2.53. The fraction of sp³-hybridized carbons (Fsp3) is 0.462. The van der Waals surface area contributed by atoms with Crippen LogP contribution in [0.3, 0.4) is 0 Å². The minimum absolute atomic E-state index is 0.123. The van der Waals surface area contributed by atoms with Crippen LogP contribution in [0.5, 0.6) is 0 Å². The third kappa shape index (κ3) is 3.98. The molecule has 1 saturated carbocycles. The van der Waals surface area contributed by atoms with Crippen LogP contribution >= 0.6 is 0 Å². The SMILES string of the molecule is O=C(C1CCCCC1C(=O)N1CCc2ccccc21)N1CCN(c2ccc(F)cc2)CC1. The Morgan fingerprint density at radius 3 is 2.16 bits per heavy atom. The van der Waals surface area contributed by atoms with Crippen LogP contribution in [-0.2, 0) is 16.0 Å². The third-order valence-corrected chi connectivity index (χ3v) is 7.34. The quantitative estimate of drug-likeness (QED) is 0.735. The summed E-state index contributed by atoms with van der Waals surface area (Å²) in [6.45, 7) is 3.44. The van der Waals surface area contributed by atoms with Gasteiger partial charge in [-0.25, -0.2) is 4.39 Å². The molecule has 5 rings (SSSR count). The van der Waals surface area contributed by atoms with E-state index in [1.807, 2.05) is 28.0 Å². The van der Waals surface area contributed by atoms with Gasteiger partial charge in [-0.15, -0.1) is 0 Å². The number of anilines is 2. The number of amides is 2. The zero-order valence-electron chi connectivity index (χ0n) is 18.4. The summed E-state index contributed by atoms with van der Waals surface area (Å²) in [5, 5.41) is 0. The van der Waals surface area contributed by atoms with Crippen LogP contribution in [0.25, 0.3) is 0 Å². The average Bonchev–Trinajstić information content (AvgIpc) is 3.28. The second-order valence-corrected chi connectivity index (χ2v) is 9.15. The van der Waals surface area contributed by atoms with E-state index in [0.29, 0.717) is 19.6 Å². The second-order valence-electron chi connectivity index (χ2n) is 9.15. The molecule has 0 radical (unpaired) electrons. The predicted molar refractivity (Wildman–Crippen MR) is 123 cm³/mol. The molecule has 0 spiro atoms. The largest absolute Gasteiger partial charge is 0.368 e. The number of rotatable bonds is 3. The van der Waals surface area contributed by atoms with Crippen molar-refractivity contribution in [2.24, 2.45) is 11.8 Å². The van der Waals surface area contributed by atoms with Crippen molar-refractivity contribution in [2.75, 3.05) is 42.5 Å². The van der Waals surface area contributed by atoms with E-state index in [0.717, 1.165) is 56.6 Å². The van der Waals surface area contributed by atoms with Gasteiger partial charge in [0.25, 0.3) is 0 Å². The first kappa shape index (κ1) is 21.0. The van der Waals surface area contributed by atoms with Crippen molar-refractivity contribution in [2.45, 2.75) is 32.1 Å². The monoisotopic (exact) mass is 435 g/mol. The Hall–Kier alpha value is -2.89. The van der Waals surface area contributed by atoms with Crippen LogP contribution < -0.4 is 9.80 Å². The van der Waals surface area contributed by atoms with Crippen molar-refractivity contribution in [3.63, 3.8) is 0 Å². The summed E-state index contributed by atoms with van der Waals surface area (Å²) in [4.78, 5) is 33.1. The number of para-hydroxylation sites is 1. The number of fused-ring (bicyclic) bond motifs is 1. The van der Waals surface area contributed by atoms with Crippen LogP contribution in [0.4, 0.5) is 15.8 Å². The van der Waals surface area contributed by atoms with Crippen LogP contribution in [-0.4, -0.2) is 49.4 Å². The predicted octanol–water partition coefficient (Wildman–Crippen LogP) is 3.87. The lowest BCUT2D eigenvalue weighted by molar-refractivity contribution is -0.143. The van der Waals surface area contributed by atoms with Gasteiger partial charge >= 0.3 is 0 Å². The molecule has 2 aromatic rings. The number of piperazine rings is 1. The summed E-state index contributed by atoms with van der Waals surface area (Å²) in [6, 6.07) is 14.6. The molecule has 2 heterocycles. The number of hydrogen-bond donors (Lipinski definition) is 0. The Labute approximate surface area is 188 Å². The lowest BCUT2D eigenvalue weighted by atomic mass is 9.77. The standard InChI is InChI=1S/C26H30FN3O2/c27-20-9-11-21(12-10-20)28-15-17-29(18-16-28)25(31)22-6-2-3-7-23(22)26(32)30-14-13-19-5-1-4-8-24(19)30/h1,4-5,8-12,22-23H,2-3,6-7,13-18H2. The Balaban J connectivity index is 1.26. The fourth-order valence-corrected chi connectivity index (χ4v) is 5.56. The Morgan fingerprint density at radius 2 is 1.44 bits per heavy atom.